The van der Waals surface area contributed by atoms with Crippen LogP contribution in [0.5, 0.6) is 0 Å². The molecule has 1 aromatic carbocycles. The molecular formula is C10H15BrNO3P. The van der Waals surface area contributed by atoms with Gasteiger partial charge in [-0.25, -0.2) is 0 Å². The zero-order valence-corrected chi connectivity index (χ0v) is 11.8. The Balaban J connectivity index is 3.11. The van der Waals surface area contributed by atoms with E-state index in [0.29, 0.717) is 28.7 Å². The topological polar surface area (TPSA) is 61.5 Å². The van der Waals surface area contributed by atoms with Crippen LogP contribution in [0.3, 0.4) is 0 Å². The van der Waals surface area contributed by atoms with Crippen LogP contribution in [0.25, 0.3) is 0 Å². The average molecular weight is 308 g/mol. The van der Waals surface area contributed by atoms with E-state index in [1.165, 1.54) is 0 Å². The number of hydrogen-bond donors (Lipinski definition) is 1. The van der Waals surface area contributed by atoms with Crippen molar-refractivity contribution >= 4 is 34.5 Å². The number of benzene rings is 1. The molecule has 0 amide bonds. The van der Waals surface area contributed by atoms with Crippen LogP contribution < -0.4 is 11.0 Å². The van der Waals surface area contributed by atoms with Crippen molar-refractivity contribution in [1.82, 2.24) is 0 Å². The van der Waals surface area contributed by atoms with E-state index in [-0.39, 0.29) is 0 Å². The smallest absolute Gasteiger partial charge is 0.361 e. The van der Waals surface area contributed by atoms with Crippen LogP contribution in [0.15, 0.2) is 22.7 Å². The Bertz CT molecular complexity index is 401. The second kappa shape index (κ2) is 5.82. The van der Waals surface area contributed by atoms with E-state index in [1.807, 2.05) is 0 Å². The number of halogens is 1. The zero-order chi connectivity index (χ0) is 12.2. The fourth-order valence-corrected chi connectivity index (χ4v) is 3.37. The standard InChI is InChI=1S/C10H15BrNO3P/c1-3-14-16(13,15-4-2)8-5-6-10(12)9(11)7-8/h5-7H,3-4,12H2,1-2H3. The molecule has 0 unspecified atom stereocenters. The summed E-state index contributed by atoms with van der Waals surface area (Å²) in [6.07, 6.45) is 0. The number of nitrogen functional groups attached to an aromatic ring is 1. The first-order valence-corrected chi connectivity index (χ1v) is 7.31. The molecule has 0 saturated heterocycles. The molecule has 0 aromatic heterocycles. The highest BCUT2D eigenvalue weighted by Gasteiger charge is 2.26. The van der Waals surface area contributed by atoms with Gasteiger partial charge in [0, 0.05) is 10.2 Å². The maximum absolute atomic E-state index is 12.4. The van der Waals surface area contributed by atoms with Gasteiger partial charge in [0.25, 0.3) is 0 Å². The highest BCUT2D eigenvalue weighted by molar-refractivity contribution is 9.10. The van der Waals surface area contributed by atoms with Crippen molar-refractivity contribution in [2.24, 2.45) is 0 Å². The van der Waals surface area contributed by atoms with Crippen LogP contribution in [0.1, 0.15) is 13.8 Å². The minimum Gasteiger partial charge on any atom is -0.398 e. The summed E-state index contributed by atoms with van der Waals surface area (Å²) < 4.78 is 23.5. The Labute approximate surface area is 104 Å². The van der Waals surface area contributed by atoms with Crippen LogP contribution in [0.4, 0.5) is 5.69 Å². The Morgan fingerprint density at radius 1 is 1.31 bits per heavy atom. The van der Waals surface area contributed by atoms with E-state index in [2.05, 4.69) is 15.9 Å². The lowest BCUT2D eigenvalue weighted by Gasteiger charge is -2.17. The van der Waals surface area contributed by atoms with E-state index < -0.39 is 7.60 Å². The van der Waals surface area contributed by atoms with Crippen molar-refractivity contribution in [3.05, 3.63) is 22.7 Å². The third-order valence-corrected chi connectivity index (χ3v) is 4.69. The van der Waals surface area contributed by atoms with Gasteiger partial charge in [0.1, 0.15) is 0 Å². The first-order valence-electron chi connectivity index (χ1n) is 4.98. The molecule has 2 N–H and O–H groups in total. The number of nitrogens with two attached hydrogens (primary N) is 1. The first kappa shape index (κ1) is 13.7. The lowest BCUT2D eigenvalue weighted by Crippen LogP contribution is -2.11. The monoisotopic (exact) mass is 307 g/mol. The lowest BCUT2D eigenvalue weighted by molar-refractivity contribution is 0.230. The van der Waals surface area contributed by atoms with Crippen molar-refractivity contribution < 1.29 is 13.6 Å². The first-order chi connectivity index (χ1) is 7.53. The predicted molar refractivity (Wildman–Crippen MR) is 69.0 cm³/mol. The van der Waals surface area contributed by atoms with E-state index >= 15 is 0 Å². The van der Waals surface area contributed by atoms with Crippen molar-refractivity contribution in [2.75, 3.05) is 18.9 Å². The van der Waals surface area contributed by atoms with Crippen LogP contribution in [-0.2, 0) is 13.6 Å². The summed E-state index contributed by atoms with van der Waals surface area (Å²) in [5.41, 5.74) is 6.25. The van der Waals surface area contributed by atoms with E-state index in [9.17, 15) is 4.57 Å². The zero-order valence-electron chi connectivity index (χ0n) is 9.27. The third-order valence-electron chi connectivity index (χ3n) is 1.90. The molecule has 16 heavy (non-hydrogen) atoms. The summed E-state index contributed by atoms with van der Waals surface area (Å²) in [5, 5.41) is 0.511. The quantitative estimate of drug-likeness (QED) is 0.671. The second-order valence-electron chi connectivity index (χ2n) is 3.04. The fourth-order valence-electron chi connectivity index (χ4n) is 1.21. The molecule has 1 aromatic rings. The van der Waals surface area contributed by atoms with Crippen molar-refractivity contribution in [2.45, 2.75) is 13.8 Å². The summed E-state index contributed by atoms with van der Waals surface area (Å²) in [4.78, 5) is 0. The van der Waals surface area contributed by atoms with Crippen LogP contribution in [0.2, 0.25) is 0 Å². The van der Waals surface area contributed by atoms with E-state index in [0.717, 1.165) is 0 Å². The molecule has 0 bridgehead atoms. The van der Waals surface area contributed by atoms with E-state index in [4.69, 9.17) is 14.8 Å². The maximum atomic E-state index is 12.4. The van der Waals surface area contributed by atoms with Gasteiger partial charge < -0.3 is 14.8 Å². The average Bonchev–Trinajstić information content (AvgIpc) is 2.22. The van der Waals surface area contributed by atoms with Gasteiger partial charge in [-0.15, -0.1) is 0 Å². The molecule has 0 atom stereocenters. The van der Waals surface area contributed by atoms with Crippen LogP contribution in [-0.4, -0.2) is 13.2 Å². The SMILES string of the molecule is CCOP(=O)(OCC)c1ccc(N)c(Br)c1. The van der Waals surface area contributed by atoms with Gasteiger partial charge in [-0.2, -0.15) is 0 Å². The third kappa shape index (κ3) is 3.08. The molecule has 0 fully saturated rings. The van der Waals surface area contributed by atoms with E-state index in [1.54, 1.807) is 32.0 Å². The van der Waals surface area contributed by atoms with Gasteiger partial charge >= 0.3 is 7.60 Å². The normalized spacial score (nSPS) is 11.7. The van der Waals surface area contributed by atoms with Gasteiger partial charge in [0.05, 0.1) is 18.5 Å². The summed E-state index contributed by atoms with van der Waals surface area (Å²) in [6.45, 7) is 4.22. The minimum atomic E-state index is -3.20. The maximum Gasteiger partial charge on any atom is 0.361 e. The van der Waals surface area contributed by atoms with Gasteiger partial charge in [0.2, 0.25) is 0 Å². The molecule has 0 saturated carbocycles. The molecule has 0 heterocycles. The number of rotatable bonds is 5. The molecule has 0 aliphatic carbocycles. The number of anilines is 1. The van der Waals surface area contributed by atoms with Gasteiger partial charge in [-0.3, -0.25) is 4.57 Å². The molecule has 0 spiro atoms. The molecule has 0 aliphatic rings. The van der Waals surface area contributed by atoms with Crippen LogP contribution in [0, 0.1) is 0 Å². The molecule has 6 heteroatoms. The van der Waals surface area contributed by atoms with Crippen molar-refractivity contribution in [1.29, 1.82) is 0 Å². The molecule has 1 rings (SSSR count). The minimum absolute atomic E-state index is 0.333. The summed E-state index contributed by atoms with van der Waals surface area (Å²) in [7, 11) is -3.20. The predicted octanol–water partition coefficient (Wildman–Crippen LogP) is 2.92. The molecule has 0 aliphatic heterocycles. The largest absolute Gasteiger partial charge is 0.398 e. The Hall–Kier alpha value is -0.350. The molecular weight excluding hydrogens is 293 g/mol. The van der Waals surface area contributed by atoms with Crippen LogP contribution >= 0.6 is 23.5 Å². The highest BCUT2D eigenvalue weighted by Crippen LogP contribution is 2.47. The summed E-state index contributed by atoms with van der Waals surface area (Å²) in [5.74, 6) is 0. The second-order valence-corrected chi connectivity index (χ2v) is 5.92. The fraction of sp³-hybridized carbons (Fsp3) is 0.400. The Morgan fingerprint density at radius 2 is 1.88 bits per heavy atom. The summed E-state index contributed by atoms with van der Waals surface area (Å²) in [6, 6.07) is 5.00. The molecule has 4 nitrogen and oxygen atoms in total. The highest BCUT2D eigenvalue weighted by atomic mass is 79.9. The lowest BCUT2D eigenvalue weighted by atomic mass is 10.3. The number of hydrogen-bond acceptors (Lipinski definition) is 4. The van der Waals surface area contributed by atoms with Crippen molar-refractivity contribution in [3.63, 3.8) is 0 Å². The molecule has 90 valence electrons. The Morgan fingerprint density at radius 3 is 2.31 bits per heavy atom. The van der Waals surface area contributed by atoms with Gasteiger partial charge in [-0.1, -0.05) is 0 Å². The van der Waals surface area contributed by atoms with Crippen molar-refractivity contribution in [3.8, 4) is 0 Å². The molecule has 0 radical (unpaired) electrons. The van der Waals surface area contributed by atoms with Gasteiger partial charge in [-0.05, 0) is 48.0 Å². The Kier molecular flexibility index (Phi) is 4.99. The summed E-state index contributed by atoms with van der Waals surface area (Å²) >= 11 is 3.28. The van der Waals surface area contributed by atoms with Gasteiger partial charge in [0.15, 0.2) is 0 Å².